The molecule has 0 amide bonds. The largest absolute Gasteiger partial charge is 0.494 e. The minimum absolute atomic E-state index is 0.261. The summed E-state index contributed by atoms with van der Waals surface area (Å²) in [4.78, 5) is 0. The monoisotopic (exact) mass is 248 g/mol. The third-order valence-corrected chi connectivity index (χ3v) is 3.12. The van der Waals surface area contributed by atoms with Crippen LogP contribution in [0.15, 0.2) is 18.2 Å². The van der Waals surface area contributed by atoms with Gasteiger partial charge < -0.3 is 4.74 Å². The molecule has 1 heterocycles. The van der Waals surface area contributed by atoms with Crippen LogP contribution in [0.2, 0.25) is 0 Å². The minimum atomic E-state index is -0.349. The second-order valence-corrected chi connectivity index (χ2v) is 4.21. The summed E-state index contributed by atoms with van der Waals surface area (Å²) in [5.41, 5.74) is 3.81. The van der Waals surface area contributed by atoms with E-state index in [0.717, 1.165) is 29.1 Å². The molecule has 0 atom stereocenters. The van der Waals surface area contributed by atoms with Gasteiger partial charge in [0, 0.05) is 17.8 Å². The van der Waals surface area contributed by atoms with Crippen molar-refractivity contribution in [1.29, 1.82) is 0 Å². The number of rotatable bonds is 3. The normalized spacial score (nSPS) is 10.7. The average Bonchev–Trinajstić information content (AvgIpc) is 2.64. The summed E-state index contributed by atoms with van der Waals surface area (Å²) in [5.74, 6) is -0.0880. The van der Waals surface area contributed by atoms with Crippen molar-refractivity contribution in [3.05, 3.63) is 35.4 Å². The predicted octanol–water partition coefficient (Wildman–Crippen LogP) is 3.33. The van der Waals surface area contributed by atoms with Crippen LogP contribution in [0, 0.1) is 19.7 Å². The van der Waals surface area contributed by atoms with Gasteiger partial charge in [0.15, 0.2) is 11.6 Å². The van der Waals surface area contributed by atoms with E-state index in [1.54, 1.807) is 6.07 Å². The Bertz CT molecular complexity index is 575. The van der Waals surface area contributed by atoms with Crippen LogP contribution in [-0.2, 0) is 6.54 Å². The highest BCUT2D eigenvalue weighted by atomic mass is 19.1. The van der Waals surface area contributed by atoms with Crippen LogP contribution in [0.1, 0.15) is 18.3 Å². The van der Waals surface area contributed by atoms with Gasteiger partial charge >= 0.3 is 0 Å². The Labute approximate surface area is 106 Å². The highest BCUT2D eigenvalue weighted by molar-refractivity contribution is 5.69. The SMILES string of the molecule is CCn1nc(C)c(-c2ccc(OC)c(F)c2)c1C. The van der Waals surface area contributed by atoms with Crippen LogP contribution >= 0.6 is 0 Å². The van der Waals surface area contributed by atoms with Crippen molar-refractivity contribution in [2.24, 2.45) is 0 Å². The maximum atomic E-state index is 13.7. The van der Waals surface area contributed by atoms with Crippen LogP contribution < -0.4 is 4.74 Å². The maximum Gasteiger partial charge on any atom is 0.165 e. The van der Waals surface area contributed by atoms with Crippen molar-refractivity contribution in [3.63, 3.8) is 0 Å². The van der Waals surface area contributed by atoms with E-state index in [1.807, 2.05) is 31.5 Å². The lowest BCUT2D eigenvalue weighted by Gasteiger charge is -2.06. The first kappa shape index (κ1) is 12.6. The maximum absolute atomic E-state index is 13.7. The smallest absolute Gasteiger partial charge is 0.165 e. The number of hydrogen-bond acceptors (Lipinski definition) is 2. The van der Waals surface area contributed by atoms with Crippen molar-refractivity contribution in [2.75, 3.05) is 7.11 Å². The number of benzene rings is 1. The summed E-state index contributed by atoms with van der Waals surface area (Å²) in [6.07, 6.45) is 0. The Balaban J connectivity index is 2.55. The van der Waals surface area contributed by atoms with Crippen LogP contribution in [0.5, 0.6) is 5.75 Å². The van der Waals surface area contributed by atoms with Crippen molar-refractivity contribution < 1.29 is 9.13 Å². The fourth-order valence-electron chi connectivity index (χ4n) is 2.24. The van der Waals surface area contributed by atoms with Gasteiger partial charge in [0.2, 0.25) is 0 Å². The fraction of sp³-hybridized carbons (Fsp3) is 0.357. The van der Waals surface area contributed by atoms with Crippen molar-refractivity contribution in [3.8, 4) is 16.9 Å². The highest BCUT2D eigenvalue weighted by Crippen LogP contribution is 2.30. The van der Waals surface area contributed by atoms with Crippen LogP contribution in [0.25, 0.3) is 11.1 Å². The molecule has 0 aliphatic rings. The standard InChI is InChI=1S/C14H17FN2O/c1-5-17-10(3)14(9(2)16-17)11-6-7-13(18-4)12(15)8-11/h6-8H,5H2,1-4H3. The van der Waals surface area contributed by atoms with Gasteiger partial charge in [-0.3, -0.25) is 4.68 Å². The fourth-order valence-corrected chi connectivity index (χ4v) is 2.24. The second-order valence-electron chi connectivity index (χ2n) is 4.21. The number of nitrogens with zero attached hydrogens (tertiary/aromatic N) is 2. The summed E-state index contributed by atoms with van der Waals surface area (Å²) in [7, 11) is 1.46. The van der Waals surface area contributed by atoms with Crippen molar-refractivity contribution in [1.82, 2.24) is 9.78 Å². The van der Waals surface area contributed by atoms with E-state index in [4.69, 9.17) is 4.74 Å². The number of aromatic nitrogens is 2. The molecule has 1 aromatic heterocycles. The lowest BCUT2D eigenvalue weighted by Crippen LogP contribution is -1.98. The molecule has 0 fully saturated rings. The first-order valence-electron chi connectivity index (χ1n) is 5.96. The van der Waals surface area contributed by atoms with Crippen LogP contribution in [-0.4, -0.2) is 16.9 Å². The van der Waals surface area contributed by atoms with Crippen molar-refractivity contribution in [2.45, 2.75) is 27.3 Å². The summed E-state index contributed by atoms with van der Waals surface area (Å²) in [6.45, 7) is 6.79. The second kappa shape index (κ2) is 4.80. The van der Waals surface area contributed by atoms with E-state index in [9.17, 15) is 4.39 Å². The number of methoxy groups -OCH3 is 1. The molecule has 0 radical (unpaired) electrons. The molecular formula is C14H17FN2O. The predicted molar refractivity (Wildman–Crippen MR) is 69.3 cm³/mol. The lowest BCUT2D eigenvalue weighted by atomic mass is 10.0. The molecule has 1 aromatic carbocycles. The molecule has 3 nitrogen and oxygen atoms in total. The molecule has 0 spiro atoms. The Morgan fingerprint density at radius 1 is 1.33 bits per heavy atom. The van der Waals surface area contributed by atoms with Gasteiger partial charge in [0.25, 0.3) is 0 Å². The van der Waals surface area contributed by atoms with E-state index >= 15 is 0 Å². The van der Waals surface area contributed by atoms with E-state index in [-0.39, 0.29) is 11.6 Å². The molecule has 0 aliphatic carbocycles. The molecule has 0 N–H and O–H groups in total. The van der Waals surface area contributed by atoms with Gasteiger partial charge in [-0.15, -0.1) is 0 Å². The van der Waals surface area contributed by atoms with E-state index in [1.165, 1.54) is 13.2 Å². The lowest BCUT2D eigenvalue weighted by molar-refractivity contribution is 0.386. The molecule has 0 aliphatic heterocycles. The van der Waals surface area contributed by atoms with Gasteiger partial charge in [-0.05, 0) is 38.5 Å². The summed E-state index contributed by atoms with van der Waals surface area (Å²) in [5, 5.41) is 4.44. The molecule has 0 unspecified atom stereocenters. The number of aryl methyl sites for hydroxylation is 2. The topological polar surface area (TPSA) is 27.1 Å². The van der Waals surface area contributed by atoms with Gasteiger partial charge in [-0.25, -0.2) is 4.39 Å². The molecule has 96 valence electrons. The average molecular weight is 248 g/mol. The zero-order valence-electron chi connectivity index (χ0n) is 11.1. The summed E-state index contributed by atoms with van der Waals surface area (Å²) >= 11 is 0. The molecule has 0 saturated carbocycles. The number of halogens is 1. The van der Waals surface area contributed by atoms with Gasteiger partial charge in [0.1, 0.15) is 0 Å². The van der Waals surface area contributed by atoms with E-state index in [2.05, 4.69) is 5.10 Å². The molecular weight excluding hydrogens is 231 g/mol. The van der Waals surface area contributed by atoms with Crippen LogP contribution in [0.4, 0.5) is 4.39 Å². The molecule has 2 aromatic rings. The first-order chi connectivity index (χ1) is 8.58. The minimum Gasteiger partial charge on any atom is -0.494 e. The number of ether oxygens (including phenoxy) is 1. The molecule has 4 heteroatoms. The third-order valence-electron chi connectivity index (χ3n) is 3.12. The Kier molecular flexibility index (Phi) is 3.36. The Morgan fingerprint density at radius 3 is 2.56 bits per heavy atom. The quantitative estimate of drug-likeness (QED) is 0.833. The Hall–Kier alpha value is -1.84. The van der Waals surface area contributed by atoms with Crippen molar-refractivity contribution >= 4 is 0 Å². The zero-order chi connectivity index (χ0) is 13.3. The molecule has 0 saturated heterocycles. The first-order valence-corrected chi connectivity index (χ1v) is 5.96. The number of hydrogen-bond donors (Lipinski definition) is 0. The van der Waals surface area contributed by atoms with Gasteiger partial charge in [-0.2, -0.15) is 5.10 Å². The highest BCUT2D eigenvalue weighted by Gasteiger charge is 2.14. The van der Waals surface area contributed by atoms with Gasteiger partial charge in [-0.1, -0.05) is 6.07 Å². The van der Waals surface area contributed by atoms with E-state index < -0.39 is 0 Å². The summed E-state index contributed by atoms with van der Waals surface area (Å²) < 4.78 is 20.6. The van der Waals surface area contributed by atoms with Crippen LogP contribution in [0.3, 0.4) is 0 Å². The molecule has 0 bridgehead atoms. The molecule has 18 heavy (non-hydrogen) atoms. The zero-order valence-corrected chi connectivity index (χ0v) is 11.1. The Morgan fingerprint density at radius 2 is 2.06 bits per heavy atom. The molecule has 2 rings (SSSR count). The summed E-state index contributed by atoms with van der Waals surface area (Å²) in [6, 6.07) is 5.00. The third kappa shape index (κ3) is 1.98. The van der Waals surface area contributed by atoms with Gasteiger partial charge in [0.05, 0.1) is 12.8 Å². The van der Waals surface area contributed by atoms with E-state index in [0.29, 0.717) is 0 Å².